The molecule has 0 saturated carbocycles. The van der Waals surface area contributed by atoms with E-state index in [4.69, 9.17) is 0 Å². The molecule has 0 aromatic carbocycles. The van der Waals surface area contributed by atoms with Crippen LogP contribution in [-0.4, -0.2) is 63.0 Å². The molecule has 152 valence electrons. The molecule has 0 bridgehead atoms. The van der Waals surface area contributed by atoms with Gasteiger partial charge in [0.2, 0.25) is 0 Å². The zero-order valence-electron chi connectivity index (χ0n) is 15.8. The van der Waals surface area contributed by atoms with Gasteiger partial charge in [0.1, 0.15) is 0 Å². The Bertz CT molecular complexity index is 902. The number of rotatable bonds is 2. The number of carbonyl (C=O) groups excluding carboxylic acids is 1. The van der Waals surface area contributed by atoms with Crippen molar-refractivity contribution >= 4 is 17.5 Å². The fourth-order valence-electron chi connectivity index (χ4n) is 3.98. The summed E-state index contributed by atoms with van der Waals surface area (Å²) in [6, 6.07) is 0.109. The Morgan fingerprint density at radius 3 is 2.43 bits per heavy atom. The molecule has 1 N–H and O–H groups in total. The van der Waals surface area contributed by atoms with Gasteiger partial charge >= 0.3 is 12.2 Å². The summed E-state index contributed by atoms with van der Waals surface area (Å²) in [5, 5.41) is 14.1. The highest BCUT2D eigenvalue weighted by Gasteiger charge is 2.39. The Morgan fingerprint density at radius 1 is 1.07 bits per heavy atom. The molecular weight excluding hydrogens is 375 g/mol. The number of urea groups is 1. The molecule has 0 atom stereocenters. The van der Waals surface area contributed by atoms with Crippen molar-refractivity contribution in [3.63, 3.8) is 0 Å². The number of hydrogen-bond acceptors (Lipinski definition) is 5. The summed E-state index contributed by atoms with van der Waals surface area (Å²) in [5.74, 6) is -0.608. The zero-order chi connectivity index (χ0) is 20.1. The number of anilines is 1. The van der Waals surface area contributed by atoms with E-state index in [0.29, 0.717) is 31.0 Å². The first kappa shape index (κ1) is 18.8. The maximum atomic E-state index is 13.2. The summed E-state index contributed by atoms with van der Waals surface area (Å²) in [4.78, 5) is 15.9. The van der Waals surface area contributed by atoms with Crippen LogP contribution in [0.25, 0.3) is 5.65 Å². The summed E-state index contributed by atoms with van der Waals surface area (Å²) in [6.07, 6.45) is -2.20. The topological polar surface area (TPSA) is 78.7 Å². The number of nitrogens with one attached hydrogen (secondary N) is 1. The van der Waals surface area contributed by atoms with Crippen molar-refractivity contribution in [1.29, 1.82) is 0 Å². The molecular formula is C17H22F3N7O. The van der Waals surface area contributed by atoms with Crippen molar-refractivity contribution in [1.82, 2.24) is 30.0 Å². The maximum absolute atomic E-state index is 13.2. The Balaban J connectivity index is 1.59. The minimum atomic E-state index is -4.62. The largest absolute Gasteiger partial charge is 0.453 e. The first-order valence-corrected chi connectivity index (χ1v) is 9.36. The lowest BCUT2D eigenvalue weighted by Gasteiger charge is -2.40. The minimum absolute atomic E-state index is 0.0319. The number of amides is 2. The van der Waals surface area contributed by atoms with E-state index in [2.05, 4.69) is 20.6 Å². The fourth-order valence-corrected chi connectivity index (χ4v) is 3.98. The normalized spacial score (nSPS) is 19.4. The summed E-state index contributed by atoms with van der Waals surface area (Å²) in [7, 11) is 0. The van der Waals surface area contributed by atoms with Gasteiger partial charge < -0.3 is 15.1 Å². The monoisotopic (exact) mass is 397 g/mol. The highest BCUT2D eigenvalue weighted by molar-refractivity contribution is 5.75. The van der Waals surface area contributed by atoms with Gasteiger partial charge in [0, 0.05) is 43.3 Å². The van der Waals surface area contributed by atoms with Crippen LogP contribution < -0.4 is 10.2 Å². The predicted molar refractivity (Wildman–Crippen MR) is 95.2 cm³/mol. The summed E-state index contributed by atoms with van der Waals surface area (Å²) < 4.78 is 40.5. The van der Waals surface area contributed by atoms with Crippen LogP contribution in [0, 0.1) is 13.8 Å². The summed E-state index contributed by atoms with van der Waals surface area (Å²) in [6.45, 7) is 6.26. The third-order valence-electron chi connectivity index (χ3n) is 5.64. The zero-order valence-corrected chi connectivity index (χ0v) is 15.8. The van der Waals surface area contributed by atoms with Crippen molar-refractivity contribution in [3.8, 4) is 0 Å². The van der Waals surface area contributed by atoms with Crippen molar-refractivity contribution in [2.45, 2.75) is 45.3 Å². The second kappa shape index (κ2) is 6.78. The fraction of sp³-hybridized carbons (Fsp3) is 0.647. The number of alkyl halides is 3. The van der Waals surface area contributed by atoms with E-state index < -0.39 is 12.0 Å². The van der Waals surface area contributed by atoms with Crippen LogP contribution in [0.5, 0.6) is 0 Å². The SMILES string of the molecule is Cc1c(N2CCC(N3CCCNC3=O)CC2)nn2c(C(F)(F)F)nnc2c1C. The van der Waals surface area contributed by atoms with Gasteiger partial charge in [-0.2, -0.15) is 17.7 Å². The predicted octanol–water partition coefficient (Wildman–Crippen LogP) is 2.14. The molecule has 0 spiro atoms. The van der Waals surface area contributed by atoms with Crippen LogP contribution in [0.3, 0.4) is 0 Å². The highest BCUT2D eigenvalue weighted by Crippen LogP contribution is 2.31. The highest BCUT2D eigenvalue weighted by atomic mass is 19.4. The van der Waals surface area contributed by atoms with Gasteiger partial charge in [-0.15, -0.1) is 15.3 Å². The van der Waals surface area contributed by atoms with E-state index in [-0.39, 0.29) is 17.7 Å². The molecule has 4 heterocycles. The molecule has 2 aromatic heterocycles. The van der Waals surface area contributed by atoms with E-state index in [1.807, 2.05) is 16.7 Å². The number of halogens is 3. The number of nitrogens with zero attached hydrogens (tertiary/aromatic N) is 6. The Kier molecular flexibility index (Phi) is 4.54. The van der Waals surface area contributed by atoms with Gasteiger partial charge in [-0.3, -0.25) is 0 Å². The Morgan fingerprint density at radius 2 is 1.79 bits per heavy atom. The van der Waals surface area contributed by atoms with Gasteiger partial charge in [0.05, 0.1) is 0 Å². The number of hydrogen-bond donors (Lipinski definition) is 1. The average Bonchev–Trinajstić information content (AvgIpc) is 3.10. The molecule has 0 unspecified atom stereocenters. The second-order valence-electron chi connectivity index (χ2n) is 7.33. The van der Waals surface area contributed by atoms with E-state index >= 15 is 0 Å². The van der Waals surface area contributed by atoms with Crippen LogP contribution in [0.2, 0.25) is 0 Å². The van der Waals surface area contributed by atoms with E-state index in [1.54, 1.807) is 6.92 Å². The smallest absolute Gasteiger partial charge is 0.355 e. The van der Waals surface area contributed by atoms with Crippen LogP contribution >= 0.6 is 0 Å². The lowest BCUT2D eigenvalue weighted by molar-refractivity contribution is -0.146. The lowest BCUT2D eigenvalue weighted by atomic mass is 10.0. The van der Waals surface area contributed by atoms with Crippen LogP contribution in [0.4, 0.5) is 23.8 Å². The molecule has 2 aliphatic rings. The lowest BCUT2D eigenvalue weighted by Crippen LogP contribution is -2.54. The Labute approximate surface area is 159 Å². The van der Waals surface area contributed by atoms with Gasteiger partial charge in [0.15, 0.2) is 11.5 Å². The number of aromatic nitrogens is 4. The van der Waals surface area contributed by atoms with E-state index in [0.717, 1.165) is 35.9 Å². The average molecular weight is 397 g/mol. The molecule has 2 amide bonds. The molecule has 0 radical (unpaired) electrons. The van der Waals surface area contributed by atoms with E-state index in [1.165, 1.54) is 0 Å². The van der Waals surface area contributed by atoms with Crippen LogP contribution in [-0.2, 0) is 6.18 Å². The molecule has 11 heteroatoms. The molecule has 0 aliphatic carbocycles. The number of aryl methyl sites for hydroxylation is 1. The molecule has 2 fully saturated rings. The van der Waals surface area contributed by atoms with E-state index in [9.17, 15) is 18.0 Å². The number of carbonyl (C=O) groups is 1. The van der Waals surface area contributed by atoms with Crippen LogP contribution in [0.15, 0.2) is 0 Å². The number of piperidine rings is 1. The molecule has 28 heavy (non-hydrogen) atoms. The van der Waals surface area contributed by atoms with Gasteiger partial charge in [0.25, 0.3) is 5.82 Å². The minimum Gasteiger partial charge on any atom is -0.355 e. The molecule has 2 aliphatic heterocycles. The third-order valence-corrected chi connectivity index (χ3v) is 5.64. The van der Waals surface area contributed by atoms with Gasteiger partial charge in [-0.25, -0.2) is 4.79 Å². The Hall–Kier alpha value is -2.59. The standard InChI is InChI=1S/C17H22F3N7O/c1-10-11(2)14(24-27-13(10)22-23-15(27)17(18,19)20)25-8-4-12(5-9-25)26-7-3-6-21-16(26)28/h12H,3-9H2,1-2H3,(H,21,28). The van der Waals surface area contributed by atoms with Crippen molar-refractivity contribution in [2.75, 3.05) is 31.1 Å². The maximum Gasteiger partial charge on any atom is 0.453 e. The summed E-state index contributed by atoms with van der Waals surface area (Å²) in [5.41, 5.74) is 1.54. The molecule has 2 aromatic rings. The first-order valence-electron chi connectivity index (χ1n) is 9.36. The molecule has 4 rings (SSSR count). The summed E-state index contributed by atoms with van der Waals surface area (Å²) >= 11 is 0. The second-order valence-corrected chi connectivity index (χ2v) is 7.33. The van der Waals surface area contributed by atoms with Gasteiger partial charge in [-0.1, -0.05) is 0 Å². The van der Waals surface area contributed by atoms with Crippen molar-refractivity contribution in [2.24, 2.45) is 0 Å². The van der Waals surface area contributed by atoms with Crippen molar-refractivity contribution < 1.29 is 18.0 Å². The van der Waals surface area contributed by atoms with Crippen LogP contribution in [0.1, 0.15) is 36.2 Å². The molecule has 2 saturated heterocycles. The quantitative estimate of drug-likeness (QED) is 0.840. The van der Waals surface area contributed by atoms with Crippen molar-refractivity contribution in [3.05, 3.63) is 17.0 Å². The first-order chi connectivity index (χ1) is 13.3. The van der Waals surface area contributed by atoms with Gasteiger partial charge in [-0.05, 0) is 33.1 Å². The number of fused-ring (bicyclic) bond motifs is 1. The molecule has 8 nitrogen and oxygen atoms in total. The third kappa shape index (κ3) is 3.12.